The van der Waals surface area contributed by atoms with Crippen molar-refractivity contribution < 1.29 is 17.9 Å². The van der Waals surface area contributed by atoms with Gasteiger partial charge in [0, 0.05) is 37.5 Å². The number of nitrogens with zero attached hydrogens (tertiary/aromatic N) is 3. The van der Waals surface area contributed by atoms with Gasteiger partial charge in [-0.05, 0) is 36.1 Å². The lowest BCUT2D eigenvalue weighted by molar-refractivity contribution is 0.290. The van der Waals surface area contributed by atoms with Crippen LogP contribution in [0.5, 0.6) is 5.88 Å². The maximum Gasteiger partial charge on any atom is 0.223 e. The molecular weight excluding hydrogens is 431 g/mol. The summed E-state index contributed by atoms with van der Waals surface area (Å²) in [4.78, 5) is 14.3. The molecule has 0 radical (unpaired) electrons. The Hall–Kier alpha value is -3.59. The van der Waals surface area contributed by atoms with Crippen LogP contribution in [0.4, 0.5) is 18.9 Å². The van der Waals surface area contributed by atoms with E-state index in [1.54, 1.807) is 12.3 Å². The monoisotopic (exact) mass is 451 g/mol. The molecule has 0 bridgehead atoms. The van der Waals surface area contributed by atoms with Crippen LogP contribution in [0.1, 0.15) is 18.4 Å². The van der Waals surface area contributed by atoms with Gasteiger partial charge in [0.05, 0.1) is 27.8 Å². The fourth-order valence-corrected chi connectivity index (χ4v) is 4.65. The summed E-state index contributed by atoms with van der Waals surface area (Å²) in [5, 5.41) is 0. The first kappa shape index (κ1) is 20.0. The second kappa shape index (κ2) is 7.48. The number of ether oxygens (including phenoxy) is 1. The summed E-state index contributed by atoms with van der Waals surface area (Å²) in [6.45, 7) is 1.68. The number of pyridine rings is 1. The number of nitrogens with one attached hydrogen (secondary N) is 1. The Balaban J connectivity index is 1.60. The van der Waals surface area contributed by atoms with Crippen LogP contribution in [0, 0.1) is 17.5 Å². The lowest BCUT2D eigenvalue weighted by Crippen LogP contribution is -2.40. The third-order valence-electron chi connectivity index (χ3n) is 6.36. The molecule has 0 unspecified atom stereocenters. The zero-order valence-corrected chi connectivity index (χ0v) is 17.5. The highest BCUT2D eigenvalue weighted by Gasteiger charge is 2.30. The second-order valence-corrected chi connectivity index (χ2v) is 8.48. The molecule has 0 amide bonds. The largest absolute Gasteiger partial charge is 0.472 e. The van der Waals surface area contributed by atoms with Crippen molar-refractivity contribution in [2.75, 3.05) is 18.0 Å². The molecule has 2 aromatic heterocycles. The van der Waals surface area contributed by atoms with Crippen molar-refractivity contribution in [2.24, 2.45) is 5.73 Å². The number of imidazole rings is 1. The van der Waals surface area contributed by atoms with Gasteiger partial charge in [0.25, 0.3) is 0 Å². The zero-order chi connectivity index (χ0) is 22.7. The molecule has 2 aliphatic rings. The number of hydrogen-bond donors (Lipinski definition) is 2. The topological polar surface area (TPSA) is 80.1 Å². The van der Waals surface area contributed by atoms with Crippen LogP contribution >= 0.6 is 0 Å². The quantitative estimate of drug-likeness (QED) is 0.468. The van der Waals surface area contributed by atoms with E-state index in [4.69, 9.17) is 10.5 Å². The number of anilines is 1. The highest BCUT2D eigenvalue weighted by molar-refractivity contribution is 5.94. The van der Waals surface area contributed by atoms with E-state index in [1.807, 2.05) is 0 Å². The summed E-state index contributed by atoms with van der Waals surface area (Å²) < 4.78 is 47.8. The number of rotatable bonds is 2. The third-order valence-corrected chi connectivity index (χ3v) is 6.36. The summed E-state index contributed by atoms with van der Waals surface area (Å²) >= 11 is 0. The van der Waals surface area contributed by atoms with Crippen molar-refractivity contribution >= 4 is 16.7 Å². The van der Waals surface area contributed by atoms with Gasteiger partial charge in [-0.2, -0.15) is 0 Å². The number of aromatic nitrogens is 3. The number of nitrogens with two attached hydrogens (primary N) is 1. The molecule has 3 N–H and O–H groups in total. The average Bonchev–Trinajstić information content (AvgIpc) is 3.21. The van der Waals surface area contributed by atoms with Gasteiger partial charge in [-0.25, -0.2) is 23.1 Å². The molecule has 1 saturated heterocycles. The van der Waals surface area contributed by atoms with Gasteiger partial charge in [0.1, 0.15) is 18.2 Å². The van der Waals surface area contributed by atoms with Crippen molar-refractivity contribution in [3.63, 3.8) is 0 Å². The van der Waals surface area contributed by atoms with E-state index in [0.717, 1.165) is 36.2 Å². The van der Waals surface area contributed by atoms with Gasteiger partial charge in [-0.1, -0.05) is 6.07 Å². The Bertz CT molecular complexity index is 1360. The van der Waals surface area contributed by atoms with Crippen LogP contribution < -0.4 is 15.4 Å². The van der Waals surface area contributed by atoms with Crippen LogP contribution in [-0.2, 0) is 6.61 Å². The molecule has 1 fully saturated rings. The van der Waals surface area contributed by atoms with E-state index in [1.165, 1.54) is 12.1 Å². The Morgan fingerprint density at radius 3 is 2.64 bits per heavy atom. The first-order chi connectivity index (χ1) is 16.0. The maximum atomic E-state index is 14.3. The normalized spacial score (nSPS) is 15.9. The van der Waals surface area contributed by atoms with E-state index < -0.39 is 11.6 Å². The maximum absolute atomic E-state index is 14.3. The lowest BCUT2D eigenvalue weighted by atomic mass is 9.93. The fraction of sp³-hybridized carbons (Fsp3) is 0.250. The molecular formula is C24H20F3N5O. The number of fused-ring (bicyclic) bond motifs is 4. The SMILES string of the molecule is NC1CCN(c2c(-c3nc4cc(F)c(F)cc4[nH]3)cnc3c2-c2cc(F)ccc2CO3)CC1. The number of piperidine rings is 1. The van der Waals surface area contributed by atoms with Crippen LogP contribution in [-0.4, -0.2) is 34.1 Å². The van der Waals surface area contributed by atoms with Crippen molar-refractivity contribution in [2.45, 2.75) is 25.5 Å². The van der Waals surface area contributed by atoms with Gasteiger partial charge in [-0.3, -0.25) is 0 Å². The molecule has 4 aromatic rings. The molecule has 6 nitrogen and oxygen atoms in total. The molecule has 6 rings (SSSR count). The molecule has 168 valence electrons. The fourth-order valence-electron chi connectivity index (χ4n) is 4.65. The Labute approximate surface area is 187 Å². The number of benzene rings is 2. The number of hydrogen-bond acceptors (Lipinski definition) is 5. The smallest absolute Gasteiger partial charge is 0.223 e. The molecule has 33 heavy (non-hydrogen) atoms. The number of halogens is 3. The predicted octanol–water partition coefficient (Wildman–Crippen LogP) is 4.53. The summed E-state index contributed by atoms with van der Waals surface area (Å²) in [6, 6.07) is 6.87. The minimum Gasteiger partial charge on any atom is -0.472 e. The lowest BCUT2D eigenvalue weighted by Gasteiger charge is -2.36. The van der Waals surface area contributed by atoms with E-state index >= 15 is 0 Å². The van der Waals surface area contributed by atoms with Crippen LogP contribution in [0.3, 0.4) is 0 Å². The minimum atomic E-state index is -0.966. The van der Waals surface area contributed by atoms with Crippen LogP contribution in [0.2, 0.25) is 0 Å². The molecule has 9 heteroatoms. The summed E-state index contributed by atoms with van der Waals surface area (Å²) in [7, 11) is 0. The molecule has 2 aliphatic heterocycles. The molecule has 0 aliphatic carbocycles. The highest BCUT2D eigenvalue weighted by Crippen LogP contribution is 2.47. The van der Waals surface area contributed by atoms with E-state index in [9.17, 15) is 13.2 Å². The standard InChI is InChI=1S/C24H20F3N5O/c25-13-2-1-12-11-33-24-21(15(12)7-13)22(32-5-3-14(28)4-6-32)16(10-29-24)23-30-19-8-17(26)18(27)9-20(19)31-23/h1-2,7-10,14H,3-6,11,28H2,(H,30,31). The first-order valence-electron chi connectivity index (χ1n) is 10.8. The number of H-pyrrole nitrogens is 1. The molecule has 2 aromatic carbocycles. The minimum absolute atomic E-state index is 0.112. The van der Waals surface area contributed by atoms with Crippen molar-refractivity contribution in [1.29, 1.82) is 0 Å². The van der Waals surface area contributed by atoms with Gasteiger partial charge >= 0.3 is 0 Å². The van der Waals surface area contributed by atoms with E-state index in [2.05, 4.69) is 19.9 Å². The van der Waals surface area contributed by atoms with Crippen LogP contribution in [0.15, 0.2) is 36.5 Å². The van der Waals surface area contributed by atoms with E-state index in [-0.39, 0.29) is 11.9 Å². The van der Waals surface area contributed by atoms with E-state index in [0.29, 0.717) is 59.1 Å². The molecule has 4 heterocycles. The van der Waals surface area contributed by atoms with Crippen molar-refractivity contribution in [3.8, 4) is 28.4 Å². The van der Waals surface area contributed by atoms with Gasteiger partial charge < -0.3 is 20.4 Å². The zero-order valence-electron chi connectivity index (χ0n) is 17.5. The van der Waals surface area contributed by atoms with Gasteiger partial charge in [0.2, 0.25) is 5.88 Å². The number of aromatic amines is 1. The van der Waals surface area contributed by atoms with Crippen LogP contribution in [0.25, 0.3) is 33.5 Å². The predicted molar refractivity (Wildman–Crippen MR) is 118 cm³/mol. The summed E-state index contributed by atoms with van der Waals surface area (Å²) in [5.74, 6) is -1.45. The Morgan fingerprint density at radius 1 is 1.03 bits per heavy atom. The molecule has 0 spiro atoms. The van der Waals surface area contributed by atoms with Crippen molar-refractivity contribution in [3.05, 3.63) is 59.5 Å². The second-order valence-electron chi connectivity index (χ2n) is 8.48. The van der Waals surface area contributed by atoms with Gasteiger partial charge in [0.15, 0.2) is 11.6 Å². The summed E-state index contributed by atoms with van der Waals surface area (Å²) in [5.41, 5.74) is 10.5. The van der Waals surface area contributed by atoms with Gasteiger partial charge in [-0.15, -0.1) is 0 Å². The highest BCUT2D eigenvalue weighted by atomic mass is 19.2. The third kappa shape index (κ3) is 3.31. The van der Waals surface area contributed by atoms with Crippen molar-refractivity contribution in [1.82, 2.24) is 15.0 Å². The Morgan fingerprint density at radius 2 is 1.82 bits per heavy atom. The summed E-state index contributed by atoms with van der Waals surface area (Å²) in [6.07, 6.45) is 3.23. The first-order valence-corrected chi connectivity index (χ1v) is 10.8. The Kier molecular flexibility index (Phi) is 4.55. The molecule has 0 saturated carbocycles. The average molecular weight is 451 g/mol. The molecule has 0 atom stereocenters.